The highest BCUT2D eigenvalue weighted by atomic mass is 16.6. The fourth-order valence-corrected chi connectivity index (χ4v) is 1.72. The molecule has 1 aromatic carbocycles. The van der Waals surface area contributed by atoms with Crippen molar-refractivity contribution in [2.75, 3.05) is 26.5 Å². The van der Waals surface area contributed by atoms with Crippen LogP contribution in [0, 0.1) is 10.1 Å². The predicted octanol–water partition coefficient (Wildman–Crippen LogP) is 0.843. The van der Waals surface area contributed by atoms with Crippen LogP contribution < -0.4 is 10.6 Å². The zero-order chi connectivity index (χ0) is 16.2. The van der Waals surface area contributed by atoms with E-state index in [0.717, 1.165) is 0 Å². The molecule has 2 N–H and O–H groups in total. The highest BCUT2D eigenvalue weighted by Crippen LogP contribution is 2.26. The number of benzene rings is 1. The second-order valence-corrected chi connectivity index (χ2v) is 4.67. The Hall–Kier alpha value is -2.64. The van der Waals surface area contributed by atoms with Crippen LogP contribution in [0.3, 0.4) is 0 Å². The molecule has 0 saturated carbocycles. The maximum atomic E-state index is 11.9. The molecule has 0 aliphatic carbocycles. The Morgan fingerprint density at radius 1 is 1.33 bits per heavy atom. The van der Waals surface area contributed by atoms with Crippen LogP contribution in [0.4, 0.5) is 11.4 Å². The number of amides is 2. The maximum absolute atomic E-state index is 11.9. The van der Waals surface area contributed by atoms with E-state index >= 15 is 0 Å². The third kappa shape index (κ3) is 3.91. The van der Waals surface area contributed by atoms with E-state index in [0.29, 0.717) is 5.56 Å². The van der Waals surface area contributed by atoms with E-state index in [1.165, 1.54) is 30.1 Å². The van der Waals surface area contributed by atoms with Gasteiger partial charge in [-0.1, -0.05) is 0 Å². The normalized spacial score (nSPS) is 11.4. The van der Waals surface area contributed by atoms with Gasteiger partial charge in [-0.3, -0.25) is 19.7 Å². The molecule has 1 aromatic rings. The first-order valence-electron chi connectivity index (χ1n) is 6.26. The summed E-state index contributed by atoms with van der Waals surface area (Å²) in [6.45, 7) is 1.57. The molecule has 21 heavy (non-hydrogen) atoms. The Bertz CT molecular complexity index is 571. The number of anilines is 1. The van der Waals surface area contributed by atoms with Crippen LogP contribution in [-0.4, -0.2) is 48.8 Å². The molecule has 0 bridgehead atoms. The quantitative estimate of drug-likeness (QED) is 0.618. The molecule has 0 aliphatic rings. The Kier molecular flexibility index (Phi) is 5.23. The van der Waals surface area contributed by atoms with Crippen LogP contribution >= 0.6 is 0 Å². The average Bonchev–Trinajstić information content (AvgIpc) is 2.44. The first-order valence-corrected chi connectivity index (χ1v) is 6.26. The average molecular weight is 294 g/mol. The monoisotopic (exact) mass is 294 g/mol. The third-order valence-corrected chi connectivity index (χ3v) is 2.86. The minimum absolute atomic E-state index is 0.129. The number of nitrogens with one attached hydrogen (secondary N) is 2. The van der Waals surface area contributed by atoms with E-state index in [4.69, 9.17) is 0 Å². The van der Waals surface area contributed by atoms with E-state index < -0.39 is 11.0 Å². The van der Waals surface area contributed by atoms with Crippen molar-refractivity contribution >= 4 is 23.2 Å². The molecule has 8 heteroatoms. The molecule has 0 heterocycles. The van der Waals surface area contributed by atoms with E-state index in [1.807, 2.05) is 0 Å². The molecule has 1 unspecified atom stereocenters. The van der Waals surface area contributed by atoms with Gasteiger partial charge in [-0.25, -0.2) is 0 Å². The van der Waals surface area contributed by atoms with Crippen molar-refractivity contribution < 1.29 is 14.5 Å². The summed E-state index contributed by atoms with van der Waals surface area (Å²) in [5.41, 5.74) is 0.238. The summed E-state index contributed by atoms with van der Waals surface area (Å²) < 4.78 is 0. The highest BCUT2D eigenvalue weighted by molar-refractivity contribution is 5.96. The summed E-state index contributed by atoms with van der Waals surface area (Å²) in [6, 6.07) is 3.34. The molecule has 0 fully saturated rings. The van der Waals surface area contributed by atoms with Gasteiger partial charge in [0.15, 0.2) is 0 Å². The molecular weight excluding hydrogens is 276 g/mol. The van der Waals surface area contributed by atoms with Crippen molar-refractivity contribution in [1.29, 1.82) is 0 Å². The van der Waals surface area contributed by atoms with Crippen molar-refractivity contribution in [2.45, 2.75) is 13.0 Å². The molecular formula is C13H18N4O4. The first kappa shape index (κ1) is 16.4. The Balaban J connectivity index is 3.19. The van der Waals surface area contributed by atoms with E-state index in [9.17, 15) is 19.7 Å². The summed E-state index contributed by atoms with van der Waals surface area (Å²) >= 11 is 0. The van der Waals surface area contributed by atoms with Crippen molar-refractivity contribution in [3.05, 3.63) is 33.9 Å². The summed E-state index contributed by atoms with van der Waals surface area (Å²) in [6.07, 6.45) is 0. The van der Waals surface area contributed by atoms with Gasteiger partial charge in [-0.2, -0.15) is 0 Å². The fraction of sp³-hybridized carbons (Fsp3) is 0.385. The molecule has 0 aliphatic heterocycles. The predicted molar refractivity (Wildman–Crippen MR) is 78.3 cm³/mol. The topological polar surface area (TPSA) is 105 Å². The number of hydrogen-bond donors (Lipinski definition) is 2. The minimum Gasteiger partial charge on any atom is -0.368 e. The summed E-state index contributed by atoms with van der Waals surface area (Å²) in [5, 5.41) is 16.2. The summed E-state index contributed by atoms with van der Waals surface area (Å²) in [5.74, 6) is -0.589. The van der Waals surface area contributed by atoms with Crippen LogP contribution in [0.15, 0.2) is 18.2 Å². The molecule has 0 aromatic heterocycles. The lowest BCUT2D eigenvalue weighted by molar-refractivity contribution is -0.384. The molecule has 0 radical (unpaired) electrons. The fourth-order valence-electron chi connectivity index (χ4n) is 1.72. The first-order chi connectivity index (χ1) is 9.77. The number of nitro groups is 1. The largest absolute Gasteiger partial charge is 0.368 e. The van der Waals surface area contributed by atoms with Gasteiger partial charge >= 0.3 is 0 Å². The molecule has 1 rings (SSSR count). The minimum atomic E-state index is -0.668. The number of rotatable bonds is 5. The molecule has 8 nitrogen and oxygen atoms in total. The van der Waals surface area contributed by atoms with Gasteiger partial charge in [0.05, 0.1) is 4.92 Å². The Morgan fingerprint density at radius 2 is 1.95 bits per heavy atom. The van der Waals surface area contributed by atoms with E-state index in [2.05, 4.69) is 10.6 Å². The van der Waals surface area contributed by atoms with Gasteiger partial charge in [-0.05, 0) is 19.1 Å². The van der Waals surface area contributed by atoms with E-state index in [1.54, 1.807) is 21.0 Å². The lowest BCUT2D eigenvalue weighted by Crippen LogP contribution is -2.35. The highest BCUT2D eigenvalue weighted by Gasteiger charge is 2.20. The summed E-state index contributed by atoms with van der Waals surface area (Å²) in [7, 11) is 4.65. The SMILES string of the molecule is CNC(=O)C(C)Nc1cc(C(=O)N(C)C)ccc1[N+](=O)[O-]. The maximum Gasteiger partial charge on any atom is 0.292 e. The second-order valence-electron chi connectivity index (χ2n) is 4.67. The molecule has 2 amide bonds. The number of nitrogens with zero attached hydrogens (tertiary/aromatic N) is 2. The third-order valence-electron chi connectivity index (χ3n) is 2.86. The van der Waals surface area contributed by atoms with Gasteiger partial charge in [0.25, 0.3) is 11.6 Å². The lowest BCUT2D eigenvalue weighted by Gasteiger charge is -2.15. The van der Waals surface area contributed by atoms with Crippen LogP contribution in [0.5, 0.6) is 0 Å². The van der Waals surface area contributed by atoms with Gasteiger partial charge < -0.3 is 15.5 Å². The summed E-state index contributed by atoms with van der Waals surface area (Å²) in [4.78, 5) is 35.2. The molecule has 114 valence electrons. The standard InChI is InChI=1S/C13H18N4O4/c1-8(12(18)14-2)15-10-7-9(13(19)16(3)4)5-6-11(10)17(20)21/h5-8,15H,1-4H3,(H,14,18). The number of nitro benzene ring substituents is 1. The van der Waals surface area contributed by atoms with Gasteiger partial charge in [0.1, 0.15) is 11.7 Å². The molecule has 0 saturated heterocycles. The Morgan fingerprint density at radius 3 is 2.43 bits per heavy atom. The number of carbonyl (C=O) groups is 2. The zero-order valence-electron chi connectivity index (χ0n) is 12.3. The number of hydrogen-bond acceptors (Lipinski definition) is 5. The van der Waals surface area contributed by atoms with Gasteiger partial charge in [-0.15, -0.1) is 0 Å². The number of likely N-dealkylation sites (N-methyl/N-ethyl adjacent to an activating group) is 1. The molecule has 0 spiro atoms. The van der Waals surface area contributed by atoms with Crippen LogP contribution in [0.1, 0.15) is 17.3 Å². The van der Waals surface area contributed by atoms with Gasteiger partial charge in [0.2, 0.25) is 5.91 Å². The van der Waals surface area contributed by atoms with Crippen molar-refractivity contribution in [3.63, 3.8) is 0 Å². The van der Waals surface area contributed by atoms with Crippen LogP contribution in [0.2, 0.25) is 0 Å². The second kappa shape index (κ2) is 6.69. The van der Waals surface area contributed by atoms with E-state index in [-0.39, 0.29) is 23.2 Å². The zero-order valence-corrected chi connectivity index (χ0v) is 12.3. The van der Waals surface area contributed by atoms with Crippen LogP contribution in [-0.2, 0) is 4.79 Å². The Labute approximate surface area is 122 Å². The van der Waals surface area contributed by atoms with Crippen LogP contribution in [0.25, 0.3) is 0 Å². The molecule has 1 atom stereocenters. The lowest BCUT2D eigenvalue weighted by atomic mass is 10.1. The number of carbonyl (C=O) groups excluding carboxylic acids is 2. The van der Waals surface area contributed by atoms with Gasteiger partial charge in [0, 0.05) is 32.8 Å². The smallest absolute Gasteiger partial charge is 0.292 e. The van der Waals surface area contributed by atoms with Crippen molar-refractivity contribution in [1.82, 2.24) is 10.2 Å². The van der Waals surface area contributed by atoms with Crippen molar-refractivity contribution in [3.8, 4) is 0 Å². The van der Waals surface area contributed by atoms with Crippen molar-refractivity contribution in [2.24, 2.45) is 0 Å².